The van der Waals surface area contributed by atoms with E-state index in [0.717, 1.165) is 16.9 Å². The number of hydrogen-bond donors (Lipinski definition) is 0. The van der Waals surface area contributed by atoms with Gasteiger partial charge in [-0.1, -0.05) is 42.5 Å². The van der Waals surface area contributed by atoms with Gasteiger partial charge in [-0.25, -0.2) is 9.79 Å². The highest BCUT2D eigenvalue weighted by Gasteiger charge is 2.12. The van der Waals surface area contributed by atoms with Crippen molar-refractivity contribution in [3.8, 4) is 5.75 Å². The Hall–Kier alpha value is -3.61. The van der Waals surface area contributed by atoms with Crippen LogP contribution in [0.2, 0.25) is 0 Å². The number of hydrogen-bond acceptors (Lipinski definition) is 4. The van der Waals surface area contributed by atoms with Crippen molar-refractivity contribution in [2.24, 2.45) is 4.99 Å². The third-order valence-electron chi connectivity index (χ3n) is 4.36. The fraction of sp³-hybridized carbons (Fsp3) is 0.227. The molecule has 0 bridgehead atoms. The predicted molar refractivity (Wildman–Crippen MR) is 114 cm³/mol. The van der Waals surface area contributed by atoms with Gasteiger partial charge in [-0.3, -0.25) is 13.9 Å². The van der Waals surface area contributed by atoms with Crippen LogP contribution in [0.3, 0.4) is 0 Å². The van der Waals surface area contributed by atoms with Crippen molar-refractivity contribution < 1.29 is 4.74 Å². The molecule has 0 fully saturated rings. The molecule has 0 spiro atoms. The lowest BCUT2D eigenvalue weighted by atomic mass is 10.2. The highest BCUT2D eigenvalue weighted by molar-refractivity contribution is 5.59. The molecule has 7 heteroatoms. The van der Waals surface area contributed by atoms with Crippen molar-refractivity contribution in [3.05, 3.63) is 92.6 Å². The van der Waals surface area contributed by atoms with E-state index in [-0.39, 0.29) is 12.1 Å². The average molecular weight is 392 g/mol. The quantitative estimate of drug-likeness (QED) is 0.457. The van der Waals surface area contributed by atoms with Gasteiger partial charge in [-0.05, 0) is 23.3 Å². The molecule has 3 aromatic rings. The molecule has 0 unspecified atom stereocenters. The summed E-state index contributed by atoms with van der Waals surface area (Å²) in [6.07, 6.45) is 1.57. The van der Waals surface area contributed by atoms with Crippen LogP contribution in [-0.4, -0.2) is 41.6 Å². The molecule has 0 saturated heterocycles. The molecule has 0 N–H and O–H groups in total. The van der Waals surface area contributed by atoms with E-state index in [1.54, 1.807) is 30.5 Å². The maximum absolute atomic E-state index is 13.2. The number of aliphatic imine (C=N–C) groups is 1. The third kappa shape index (κ3) is 5.01. The van der Waals surface area contributed by atoms with Crippen LogP contribution in [0.1, 0.15) is 11.1 Å². The number of ether oxygens (including phenoxy) is 1. The Kier molecular flexibility index (Phi) is 6.29. The maximum Gasteiger partial charge on any atom is 0.333 e. The molecule has 0 aliphatic rings. The molecule has 0 saturated carbocycles. The van der Waals surface area contributed by atoms with E-state index < -0.39 is 5.69 Å². The largest absolute Gasteiger partial charge is 0.497 e. The molecule has 2 aromatic carbocycles. The Bertz CT molecular complexity index is 1100. The molecule has 150 valence electrons. The first-order valence-corrected chi connectivity index (χ1v) is 9.20. The summed E-state index contributed by atoms with van der Waals surface area (Å²) in [4.78, 5) is 32.0. The molecule has 0 aliphatic carbocycles. The fourth-order valence-corrected chi connectivity index (χ4v) is 2.86. The summed E-state index contributed by atoms with van der Waals surface area (Å²) in [5.41, 5.74) is 0.996. The van der Waals surface area contributed by atoms with Gasteiger partial charge in [0.2, 0.25) is 0 Å². The number of aromatic nitrogens is 2. The average Bonchev–Trinajstić information content (AvgIpc) is 2.73. The summed E-state index contributed by atoms with van der Waals surface area (Å²) in [6, 6.07) is 18.3. The second kappa shape index (κ2) is 9.05. The molecular formula is C22H24N4O3. The summed E-state index contributed by atoms with van der Waals surface area (Å²) in [5, 5.41) is 0. The van der Waals surface area contributed by atoms with Crippen molar-refractivity contribution in [2.45, 2.75) is 13.1 Å². The van der Waals surface area contributed by atoms with E-state index in [1.165, 1.54) is 15.2 Å². The molecule has 0 atom stereocenters. The topological polar surface area (TPSA) is 68.8 Å². The molecule has 29 heavy (non-hydrogen) atoms. The molecule has 1 heterocycles. The first-order chi connectivity index (χ1) is 14.0. The lowest BCUT2D eigenvalue weighted by Crippen LogP contribution is -2.39. The Balaban J connectivity index is 2.05. The van der Waals surface area contributed by atoms with Crippen molar-refractivity contribution in [3.63, 3.8) is 0 Å². The maximum atomic E-state index is 13.2. The molecule has 0 radical (unpaired) electrons. The lowest BCUT2D eigenvalue weighted by molar-refractivity contribution is 0.414. The zero-order valence-electron chi connectivity index (χ0n) is 16.8. The monoisotopic (exact) mass is 392 g/mol. The highest BCUT2D eigenvalue weighted by Crippen LogP contribution is 2.13. The van der Waals surface area contributed by atoms with Crippen LogP contribution in [0.5, 0.6) is 5.75 Å². The minimum atomic E-state index is -0.400. The summed E-state index contributed by atoms with van der Waals surface area (Å²) in [7, 11) is 5.25. The molecule has 0 aliphatic heterocycles. The second-order valence-corrected chi connectivity index (χ2v) is 6.84. The fourth-order valence-electron chi connectivity index (χ4n) is 2.86. The van der Waals surface area contributed by atoms with Gasteiger partial charge < -0.3 is 9.64 Å². The predicted octanol–water partition coefficient (Wildman–Crippen LogP) is 2.34. The van der Waals surface area contributed by atoms with Crippen molar-refractivity contribution >= 4 is 12.2 Å². The van der Waals surface area contributed by atoms with E-state index in [0.29, 0.717) is 12.4 Å². The first kappa shape index (κ1) is 20.1. The van der Waals surface area contributed by atoms with Gasteiger partial charge in [0, 0.05) is 20.2 Å². The Morgan fingerprint density at radius 2 is 1.55 bits per heavy atom. The van der Waals surface area contributed by atoms with Crippen molar-refractivity contribution in [2.75, 3.05) is 21.2 Å². The summed E-state index contributed by atoms with van der Waals surface area (Å²) >= 11 is 0. The molecular weight excluding hydrogens is 368 g/mol. The Morgan fingerprint density at radius 1 is 0.931 bits per heavy atom. The standard InChI is InChI=1S/C22H24N4O3/c1-24(2)16-23-20-13-21(27)26(15-18-9-11-19(29-3)12-10-18)22(28)25(20)14-17-7-5-4-6-8-17/h4-13,16H,14-15H2,1-3H3. The number of benzene rings is 2. The normalized spacial score (nSPS) is 11.0. The molecule has 7 nitrogen and oxygen atoms in total. The van der Waals surface area contributed by atoms with Gasteiger partial charge >= 0.3 is 5.69 Å². The van der Waals surface area contributed by atoms with E-state index in [4.69, 9.17) is 4.74 Å². The van der Waals surface area contributed by atoms with Gasteiger partial charge in [0.1, 0.15) is 11.6 Å². The van der Waals surface area contributed by atoms with Gasteiger partial charge in [0.15, 0.2) is 0 Å². The molecule has 1 aromatic heterocycles. The van der Waals surface area contributed by atoms with Gasteiger partial charge in [0.25, 0.3) is 5.56 Å². The van der Waals surface area contributed by atoms with Gasteiger partial charge in [0.05, 0.1) is 26.5 Å². The van der Waals surface area contributed by atoms with Crippen LogP contribution < -0.4 is 16.0 Å². The zero-order valence-corrected chi connectivity index (χ0v) is 16.8. The van der Waals surface area contributed by atoms with E-state index in [9.17, 15) is 9.59 Å². The Labute approximate surface area is 169 Å². The molecule has 3 rings (SSSR count). The van der Waals surface area contributed by atoms with Crippen LogP contribution >= 0.6 is 0 Å². The number of methoxy groups -OCH3 is 1. The Morgan fingerprint density at radius 3 is 2.17 bits per heavy atom. The lowest BCUT2D eigenvalue weighted by Gasteiger charge is -2.14. The highest BCUT2D eigenvalue weighted by atomic mass is 16.5. The minimum Gasteiger partial charge on any atom is -0.497 e. The van der Waals surface area contributed by atoms with Gasteiger partial charge in [-0.2, -0.15) is 0 Å². The second-order valence-electron chi connectivity index (χ2n) is 6.84. The smallest absolute Gasteiger partial charge is 0.333 e. The summed E-state index contributed by atoms with van der Waals surface area (Å²) in [5.74, 6) is 1.04. The van der Waals surface area contributed by atoms with Crippen LogP contribution in [0.15, 0.2) is 75.2 Å². The van der Waals surface area contributed by atoms with Crippen LogP contribution in [0, 0.1) is 0 Å². The zero-order chi connectivity index (χ0) is 20.8. The van der Waals surface area contributed by atoms with E-state index >= 15 is 0 Å². The van der Waals surface area contributed by atoms with Crippen molar-refractivity contribution in [1.82, 2.24) is 14.0 Å². The number of nitrogens with zero attached hydrogens (tertiary/aromatic N) is 4. The van der Waals surface area contributed by atoms with E-state index in [2.05, 4.69) is 4.99 Å². The number of rotatable bonds is 7. The van der Waals surface area contributed by atoms with Crippen LogP contribution in [0.25, 0.3) is 0 Å². The van der Waals surface area contributed by atoms with Crippen molar-refractivity contribution in [1.29, 1.82) is 0 Å². The third-order valence-corrected chi connectivity index (χ3v) is 4.36. The minimum absolute atomic E-state index is 0.175. The first-order valence-electron chi connectivity index (χ1n) is 9.20. The van der Waals surface area contributed by atoms with E-state index in [1.807, 2.05) is 56.6 Å². The van der Waals surface area contributed by atoms with Gasteiger partial charge in [-0.15, -0.1) is 0 Å². The van der Waals surface area contributed by atoms with Crippen LogP contribution in [-0.2, 0) is 13.1 Å². The SMILES string of the molecule is COc1ccc(Cn2c(=O)cc(N=CN(C)C)n(Cc3ccccc3)c2=O)cc1. The summed E-state index contributed by atoms with van der Waals surface area (Å²) in [6.45, 7) is 0.497. The summed E-state index contributed by atoms with van der Waals surface area (Å²) < 4.78 is 7.90. The molecule has 0 amide bonds. The van der Waals surface area contributed by atoms with Crippen LogP contribution in [0.4, 0.5) is 5.82 Å².